The lowest BCUT2D eigenvalue weighted by Gasteiger charge is -2.36. The number of nitrogens with one attached hydrogen (secondary N) is 1. The first kappa shape index (κ1) is 19.9. The van der Waals surface area contributed by atoms with Crippen LogP contribution in [0.25, 0.3) is 0 Å². The van der Waals surface area contributed by atoms with E-state index in [1.807, 2.05) is 25.2 Å². The lowest BCUT2D eigenvalue weighted by atomic mass is 10.2. The van der Waals surface area contributed by atoms with Gasteiger partial charge in [-0.1, -0.05) is 25.5 Å². The van der Waals surface area contributed by atoms with Gasteiger partial charge in [0.25, 0.3) is 0 Å². The first-order valence-electron chi connectivity index (χ1n) is 9.99. The van der Waals surface area contributed by atoms with E-state index < -0.39 is 0 Å². The summed E-state index contributed by atoms with van der Waals surface area (Å²) in [7, 11) is 1.83. The normalized spacial score (nSPS) is 14.9. The van der Waals surface area contributed by atoms with Crippen LogP contribution in [0.1, 0.15) is 25.3 Å². The van der Waals surface area contributed by atoms with E-state index >= 15 is 0 Å². The van der Waals surface area contributed by atoms with E-state index in [1.54, 1.807) is 12.4 Å². The van der Waals surface area contributed by atoms with E-state index in [-0.39, 0.29) is 0 Å². The Balaban J connectivity index is 1.49. The van der Waals surface area contributed by atoms with Crippen molar-refractivity contribution in [2.24, 2.45) is 4.99 Å². The largest absolute Gasteiger partial charge is 0.494 e. The van der Waals surface area contributed by atoms with Gasteiger partial charge in [0.1, 0.15) is 5.75 Å². The number of aromatic nitrogens is 2. The fourth-order valence-electron chi connectivity index (χ4n) is 3.17. The van der Waals surface area contributed by atoms with Gasteiger partial charge in [-0.15, -0.1) is 0 Å². The minimum atomic E-state index is 0.722. The molecule has 1 fully saturated rings. The predicted molar refractivity (Wildman–Crippen MR) is 113 cm³/mol. The summed E-state index contributed by atoms with van der Waals surface area (Å²) in [6, 6.07) is 10.1. The Kier molecular flexibility index (Phi) is 7.46. The number of guanidine groups is 1. The summed E-state index contributed by atoms with van der Waals surface area (Å²) in [5, 5.41) is 3.48. The van der Waals surface area contributed by atoms with E-state index in [0.29, 0.717) is 0 Å². The summed E-state index contributed by atoms with van der Waals surface area (Å²) in [5.74, 6) is 2.65. The topological polar surface area (TPSA) is 65.9 Å². The van der Waals surface area contributed by atoms with Gasteiger partial charge in [-0.25, -0.2) is 9.97 Å². The Morgan fingerprint density at radius 3 is 2.64 bits per heavy atom. The second-order valence-electron chi connectivity index (χ2n) is 6.77. The highest BCUT2D eigenvalue weighted by atomic mass is 16.5. The lowest BCUT2D eigenvalue weighted by molar-refractivity contribution is 0.309. The average molecular weight is 383 g/mol. The molecule has 1 saturated heterocycles. The molecule has 7 heteroatoms. The van der Waals surface area contributed by atoms with Crippen molar-refractivity contribution in [1.29, 1.82) is 0 Å². The molecule has 7 nitrogen and oxygen atoms in total. The standard InChI is InChI=1S/C21H30N6O/c1-3-4-15-28-19-8-5-7-18(16-19)17-25-20(22-2)26-11-13-27(14-12-26)21-23-9-6-10-24-21/h5-10,16H,3-4,11-15,17H2,1-2H3,(H,22,25). The number of anilines is 1. The van der Waals surface area contributed by atoms with Gasteiger partial charge in [0.15, 0.2) is 5.96 Å². The maximum absolute atomic E-state index is 5.80. The molecule has 0 bridgehead atoms. The number of nitrogens with zero attached hydrogens (tertiary/aromatic N) is 5. The Morgan fingerprint density at radius 2 is 1.93 bits per heavy atom. The summed E-state index contributed by atoms with van der Waals surface area (Å²) in [6.07, 6.45) is 5.79. The summed E-state index contributed by atoms with van der Waals surface area (Å²) in [5.41, 5.74) is 1.19. The van der Waals surface area contributed by atoms with Crippen LogP contribution < -0.4 is 15.0 Å². The third kappa shape index (κ3) is 5.58. The van der Waals surface area contributed by atoms with Crippen LogP contribution in [-0.2, 0) is 6.54 Å². The Morgan fingerprint density at radius 1 is 1.14 bits per heavy atom. The monoisotopic (exact) mass is 382 g/mol. The van der Waals surface area contributed by atoms with Crippen LogP contribution in [0.4, 0.5) is 5.95 Å². The number of rotatable bonds is 7. The molecule has 0 saturated carbocycles. The maximum atomic E-state index is 5.80. The molecule has 3 rings (SSSR count). The van der Waals surface area contributed by atoms with Crippen molar-refractivity contribution >= 4 is 11.9 Å². The third-order valence-electron chi connectivity index (χ3n) is 4.74. The highest BCUT2D eigenvalue weighted by molar-refractivity contribution is 5.80. The maximum Gasteiger partial charge on any atom is 0.225 e. The Labute approximate surface area is 167 Å². The first-order chi connectivity index (χ1) is 13.8. The molecule has 0 aliphatic carbocycles. The number of unbranched alkanes of at least 4 members (excludes halogenated alkanes) is 1. The number of ether oxygens (including phenoxy) is 1. The quantitative estimate of drug-likeness (QED) is 0.451. The van der Waals surface area contributed by atoms with Gasteiger partial charge in [-0.2, -0.15) is 0 Å². The Hall–Kier alpha value is -2.83. The van der Waals surface area contributed by atoms with Crippen LogP contribution in [-0.4, -0.2) is 60.7 Å². The van der Waals surface area contributed by atoms with Gasteiger partial charge in [0.2, 0.25) is 5.95 Å². The molecule has 28 heavy (non-hydrogen) atoms. The van der Waals surface area contributed by atoms with Crippen LogP contribution in [0.5, 0.6) is 5.75 Å². The molecule has 0 spiro atoms. The fourth-order valence-corrected chi connectivity index (χ4v) is 3.17. The van der Waals surface area contributed by atoms with Gasteiger partial charge in [0, 0.05) is 52.2 Å². The molecule has 0 atom stereocenters. The number of piperazine rings is 1. The molecule has 2 heterocycles. The van der Waals surface area contributed by atoms with Crippen LogP contribution >= 0.6 is 0 Å². The summed E-state index contributed by atoms with van der Waals surface area (Å²) in [4.78, 5) is 17.6. The smallest absolute Gasteiger partial charge is 0.225 e. The van der Waals surface area contributed by atoms with Gasteiger partial charge >= 0.3 is 0 Å². The molecular weight excluding hydrogens is 352 g/mol. The highest BCUT2D eigenvalue weighted by Gasteiger charge is 2.20. The minimum Gasteiger partial charge on any atom is -0.494 e. The van der Waals surface area contributed by atoms with Crippen LogP contribution in [0.2, 0.25) is 0 Å². The van der Waals surface area contributed by atoms with Crippen molar-refractivity contribution in [3.05, 3.63) is 48.3 Å². The van der Waals surface area contributed by atoms with Crippen molar-refractivity contribution in [2.45, 2.75) is 26.3 Å². The molecular formula is C21H30N6O. The van der Waals surface area contributed by atoms with Crippen molar-refractivity contribution in [3.8, 4) is 5.75 Å². The van der Waals surface area contributed by atoms with Gasteiger partial charge in [0.05, 0.1) is 6.61 Å². The summed E-state index contributed by atoms with van der Waals surface area (Å²) >= 11 is 0. The lowest BCUT2D eigenvalue weighted by Crippen LogP contribution is -2.52. The van der Waals surface area contributed by atoms with Crippen LogP contribution in [0.15, 0.2) is 47.7 Å². The zero-order chi connectivity index (χ0) is 19.6. The van der Waals surface area contributed by atoms with E-state index in [2.05, 4.69) is 49.1 Å². The van der Waals surface area contributed by atoms with Gasteiger partial charge in [-0.05, 0) is 30.2 Å². The molecule has 150 valence electrons. The first-order valence-corrected chi connectivity index (χ1v) is 9.99. The zero-order valence-corrected chi connectivity index (χ0v) is 16.8. The molecule has 1 N–H and O–H groups in total. The molecule has 1 aliphatic rings. The van der Waals surface area contributed by atoms with E-state index in [9.17, 15) is 0 Å². The minimum absolute atomic E-state index is 0.722. The number of benzene rings is 1. The van der Waals surface area contributed by atoms with Gasteiger partial charge < -0.3 is 19.9 Å². The number of hydrogen-bond donors (Lipinski definition) is 1. The predicted octanol–water partition coefficient (Wildman–Crippen LogP) is 2.55. The van der Waals surface area contributed by atoms with Crippen molar-refractivity contribution < 1.29 is 4.74 Å². The molecule has 1 aliphatic heterocycles. The Bertz CT molecular complexity index is 744. The molecule has 2 aromatic rings. The number of aliphatic imine (C=N–C) groups is 1. The molecule has 0 amide bonds. The molecule has 0 unspecified atom stereocenters. The average Bonchev–Trinajstić information content (AvgIpc) is 2.76. The summed E-state index contributed by atoms with van der Waals surface area (Å²) in [6.45, 7) is 7.19. The fraction of sp³-hybridized carbons (Fsp3) is 0.476. The third-order valence-corrected chi connectivity index (χ3v) is 4.74. The SMILES string of the molecule is CCCCOc1cccc(CNC(=NC)N2CCN(c3ncccn3)CC2)c1. The van der Waals surface area contributed by atoms with Crippen LogP contribution in [0.3, 0.4) is 0 Å². The second kappa shape index (κ2) is 10.5. The zero-order valence-electron chi connectivity index (χ0n) is 16.8. The van der Waals surface area contributed by atoms with Crippen molar-refractivity contribution in [2.75, 3.05) is 44.7 Å². The van der Waals surface area contributed by atoms with Gasteiger partial charge in [-0.3, -0.25) is 4.99 Å². The van der Waals surface area contributed by atoms with Crippen LogP contribution in [0, 0.1) is 0 Å². The van der Waals surface area contributed by atoms with E-state index in [0.717, 1.165) is 69.8 Å². The molecule has 0 radical (unpaired) electrons. The second-order valence-corrected chi connectivity index (χ2v) is 6.77. The molecule has 1 aromatic carbocycles. The summed E-state index contributed by atoms with van der Waals surface area (Å²) < 4.78 is 5.80. The van der Waals surface area contributed by atoms with Crippen molar-refractivity contribution in [3.63, 3.8) is 0 Å². The van der Waals surface area contributed by atoms with E-state index in [1.165, 1.54) is 5.56 Å². The van der Waals surface area contributed by atoms with E-state index in [4.69, 9.17) is 4.74 Å². The molecule has 1 aromatic heterocycles. The number of hydrogen-bond acceptors (Lipinski definition) is 5. The highest BCUT2D eigenvalue weighted by Crippen LogP contribution is 2.14. The van der Waals surface area contributed by atoms with Crippen molar-refractivity contribution in [1.82, 2.24) is 20.2 Å².